The predicted molar refractivity (Wildman–Crippen MR) is 103 cm³/mol. The first-order valence-electron chi connectivity index (χ1n) is 9.50. The second-order valence-electron chi connectivity index (χ2n) is 6.60. The van der Waals surface area contributed by atoms with Gasteiger partial charge >= 0.3 is 0 Å². The van der Waals surface area contributed by atoms with E-state index in [4.69, 9.17) is 9.47 Å². The molecule has 1 aromatic heterocycles. The summed E-state index contributed by atoms with van der Waals surface area (Å²) in [4.78, 5) is 0. The monoisotopic (exact) mass is 375 g/mol. The van der Waals surface area contributed by atoms with Crippen molar-refractivity contribution >= 4 is 0 Å². The number of unbranched alkanes of at least 4 members (excludes halogenated alkanes) is 1. The summed E-state index contributed by atoms with van der Waals surface area (Å²) >= 11 is 0. The van der Waals surface area contributed by atoms with Crippen LogP contribution in [0.15, 0.2) is 30.5 Å². The lowest BCUT2D eigenvalue weighted by atomic mass is 10.0. The van der Waals surface area contributed by atoms with Gasteiger partial charge in [-0.15, -0.1) is 10.2 Å². The normalized spacial score (nSPS) is 13.3. The zero-order valence-electron chi connectivity index (χ0n) is 16.0. The van der Waals surface area contributed by atoms with Gasteiger partial charge in [0.05, 0.1) is 18.5 Å². The molecular weight excluding hydrogens is 346 g/mol. The molecule has 2 atom stereocenters. The maximum Gasteiger partial charge on any atom is 0.128 e. The third-order valence-electron chi connectivity index (χ3n) is 4.40. The Morgan fingerprint density at radius 1 is 1.11 bits per heavy atom. The van der Waals surface area contributed by atoms with Crippen molar-refractivity contribution in [2.24, 2.45) is 5.92 Å². The van der Waals surface area contributed by atoms with E-state index in [1.54, 1.807) is 18.2 Å². The summed E-state index contributed by atoms with van der Waals surface area (Å²) in [5, 5.41) is 31.2. The number of ether oxygens (including phenoxy) is 2. The Morgan fingerprint density at radius 2 is 1.96 bits per heavy atom. The van der Waals surface area contributed by atoms with E-state index >= 15 is 0 Å². The summed E-state index contributed by atoms with van der Waals surface area (Å²) < 4.78 is 11.2. The SMILES string of the molecule is CCCCC(CC)COCC(O)COc1ccc(-c2ccnnn2)c(O)c1. The van der Waals surface area contributed by atoms with Crippen LogP contribution in [0.1, 0.15) is 39.5 Å². The lowest BCUT2D eigenvalue weighted by Crippen LogP contribution is -2.25. The molecule has 0 aliphatic carbocycles. The largest absolute Gasteiger partial charge is 0.507 e. The summed E-state index contributed by atoms with van der Waals surface area (Å²) in [6.07, 6.45) is 5.42. The molecule has 0 amide bonds. The van der Waals surface area contributed by atoms with Crippen molar-refractivity contribution < 1.29 is 19.7 Å². The van der Waals surface area contributed by atoms with Gasteiger partial charge in [0.25, 0.3) is 0 Å². The molecule has 0 aliphatic rings. The Balaban J connectivity index is 1.76. The fourth-order valence-electron chi connectivity index (χ4n) is 2.71. The molecule has 2 aromatic rings. The minimum atomic E-state index is -0.721. The number of hydrogen-bond donors (Lipinski definition) is 2. The second kappa shape index (κ2) is 11.5. The van der Waals surface area contributed by atoms with Crippen LogP contribution in [0.3, 0.4) is 0 Å². The van der Waals surface area contributed by atoms with Crippen molar-refractivity contribution in [3.05, 3.63) is 30.5 Å². The van der Waals surface area contributed by atoms with E-state index in [2.05, 4.69) is 29.3 Å². The number of aliphatic hydroxyl groups is 1. The van der Waals surface area contributed by atoms with E-state index in [1.807, 2.05) is 0 Å². The fourth-order valence-corrected chi connectivity index (χ4v) is 2.71. The number of aliphatic hydroxyl groups excluding tert-OH is 1. The van der Waals surface area contributed by atoms with Gasteiger partial charge in [-0.2, -0.15) is 0 Å². The van der Waals surface area contributed by atoms with Gasteiger partial charge in [0.1, 0.15) is 24.2 Å². The van der Waals surface area contributed by atoms with Crippen LogP contribution < -0.4 is 4.74 Å². The molecule has 27 heavy (non-hydrogen) atoms. The molecule has 148 valence electrons. The van der Waals surface area contributed by atoms with Crippen molar-refractivity contribution in [2.75, 3.05) is 19.8 Å². The number of aromatic nitrogens is 3. The van der Waals surface area contributed by atoms with E-state index in [1.165, 1.54) is 25.1 Å². The Bertz CT molecular complexity index is 670. The van der Waals surface area contributed by atoms with Gasteiger partial charge in [-0.25, -0.2) is 0 Å². The van der Waals surface area contributed by atoms with Crippen molar-refractivity contribution in [1.29, 1.82) is 0 Å². The van der Waals surface area contributed by atoms with Gasteiger partial charge in [0.2, 0.25) is 0 Å². The minimum absolute atomic E-state index is 0.0282. The average Bonchev–Trinajstić information content (AvgIpc) is 2.69. The third-order valence-corrected chi connectivity index (χ3v) is 4.40. The molecule has 1 aromatic carbocycles. The Morgan fingerprint density at radius 3 is 2.63 bits per heavy atom. The molecule has 2 unspecified atom stereocenters. The maximum absolute atomic E-state index is 10.2. The topological polar surface area (TPSA) is 97.6 Å². The van der Waals surface area contributed by atoms with Gasteiger partial charge < -0.3 is 19.7 Å². The summed E-state index contributed by atoms with van der Waals surface area (Å²) in [6.45, 7) is 5.34. The van der Waals surface area contributed by atoms with Gasteiger partial charge in [0.15, 0.2) is 0 Å². The number of aromatic hydroxyl groups is 1. The first-order chi connectivity index (χ1) is 13.1. The van der Waals surface area contributed by atoms with Crippen LogP contribution in [0, 0.1) is 5.92 Å². The summed E-state index contributed by atoms with van der Waals surface area (Å²) in [6, 6.07) is 6.55. The van der Waals surface area contributed by atoms with Crippen molar-refractivity contribution in [1.82, 2.24) is 15.4 Å². The zero-order valence-corrected chi connectivity index (χ0v) is 16.0. The fraction of sp³-hybridized carbons (Fsp3) is 0.550. The molecule has 0 bridgehead atoms. The third kappa shape index (κ3) is 7.11. The van der Waals surface area contributed by atoms with E-state index in [0.717, 1.165) is 12.8 Å². The summed E-state index contributed by atoms with van der Waals surface area (Å²) in [5.41, 5.74) is 1.06. The molecule has 0 aliphatic heterocycles. The number of benzene rings is 1. The number of nitrogens with zero attached hydrogens (tertiary/aromatic N) is 3. The molecular formula is C20H29N3O4. The number of phenols is 1. The van der Waals surface area contributed by atoms with Crippen LogP contribution in [0.2, 0.25) is 0 Å². The average molecular weight is 375 g/mol. The van der Waals surface area contributed by atoms with Crippen LogP contribution in [-0.4, -0.2) is 51.5 Å². The molecule has 0 radical (unpaired) electrons. The highest BCUT2D eigenvalue weighted by Gasteiger charge is 2.11. The Labute approximate surface area is 160 Å². The van der Waals surface area contributed by atoms with Crippen LogP contribution in [0.5, 0.6) is 11.5 Å². The first kappa shape index (κ1) is 21.1. The van der Waals surface area contributed by atoms with Gasteiger partial charge in [0, 0.05) is 18.2 Å². The quantitative estimate of drug-likeness (QED) is 0.588. The molecule has 0 saturated carbocycles. The molecule has 0 saturated heterocycles. The molecule has 0 spiro atoms. The Hall–Kier alpha value is -2.25. The minimum Gasteiger partial charge on any atom is -0.507 e. The van der Waals surface area contributed by atoms with Crippen LogP contribution in [0.4, 0.5) is 0 Å². The number of rotatable bonds is 12. The van der Waals surface area contributed by atoms with Crippen LogP contribution >= 0.6 is 0 Å². The Kier molecular flexibility index (Phi) is 8.94. The molecule has 2 N–H and O–H groups in total. The van der Waals surface area contributed by atoms with E-state index < -0.39 is 6.10 Å². The number of phenolic OH excluding ortho intramolecular Hbond substituents is 1. The van der Waals surface area contributed by atoms with Gasteiger partial charge in [-0.3, -0.25) is 0 Å². The number of hydrogen-bond acceptors (Lipinski definition) is 7. The van der Waals surface area contributed by atoms with Crippen molar-refractivity contribution in [3.63, 3.8) is 0 Å². The van der Waals surface area contributed by atoms with Crippen molar-refractivity contribution in [2.45, 2.75) is 45.6 Å². The molecule has 2 rings (SSSR count). The van der Waals surface area contributed by atoms with E-state index in [-0.39, 0.29) is 19.0 Å². The summed E-state index contributed by atoms with van der Waals surface area (Å²) in [5.74, 6) is 1.03. The van der Waals surface area contributed by atoms with Crippen LogP contribution in [0.25, 0.3) is 11.3 Å². The first-order valence-corrected chi connectivity index (χ1v) is 9.50. The highest BCUT2D eigenvalue weighted by molar-refractivity contribution is 5.67. The highest BCUT2D eigenvalue weighted by atomic mass is 16.5. The van der Waals surface area contributed by atoms with Gasteiger partial charge in [-0.1, -0.05) is 33.1 Å². The zero-order chi connectivity index (χ0) is 19.5. The summed E-state index contributed by atoms with van der Waals surface area (Å²) in [7, 11) is 0. The lowest BCUT2D eigenvalue weighted by molar-refractivity contribution is -0.00111. The second-order valence-corrected chi connectivity index (χ2v) is 6.60. The van der Waals surface area contributed by atoms with Crippen LogP contribution in [-0.2, 0) is 4.74 Å². The smallest absolute Gasteiger partial charge is 0.128 e. The highest BCUT2D eigenvalue weighted by Crippen LogP contribution is 2.30. The van der Waals surface area contributed by atoms with Crippen molar-refractivity contribution in [3.8, 4) is 22.8 Å². The standard InChI is InChI=1S/C20H29N3O4/c1-3-5-6-15(4-2)12-26-13-16(24)14-27-17-7-8-18(20(25)11-17)19-9-10-21-23-22-19/h7-11,15-16,24-25H,3-6,12-14H2,1-2H3. The molecule has 0 fully saturated rings. The van der Waals surface area contributed by atoms with Gasteiger partial charge in [-0.05, 0) is 35.8 Å². The lowest BCUT2D eigenvalue weighted by Gasteiger charge is -2.17. The molecule has 7 nitrogen and oxygen atoms in total. The molecule has 7 heteroatoms. The molecule has 1 heterocycles. The van der Waals surface area contributed by atoms with E-state index in [0.29, 0.717) is 29.5 Å². The maximum atomic E-state index is 10.2. The predicted octanol–water partition coefficient (Wildman–Crippen LogP) is 3.22. The van der Waals surface area contributed by atoms with E-state index in [9.17, 15) is 10.2 Å².